The number of aromatic nitrogens is 1. The van der Waals surface area contributed by atoms with Gasteiger partial charge >= 0.3 is 5.97 Å². The zero-order valence-corrected chi connectivity index (χ0v) is 13.4. The standard InChI is InChI=1S/C17H22N2O3/c1-11(2)12(3)18-16(20)10-22-17(21)14-9-19(4)15-8-6-5-7-13(14)15/h5-9,11-12H,10H2,1-4H3,(H,18,20)/t12-/m1/s1. The Balaban J connectivity index is 2.02. The lowest BCUT2D eigenvalue weighted by atomic mass is 10.1. The highest BCUT2D eigenvalue weighted by Crippen LogP contribution is 2.20. The molecule has 2 rings (SSSR count). The molecule has 0 aliphatic rings. The first-order chi connectivity index (χ1) is 10.4. The number of carbonyl (C=O) groups excluding carboxylic acids is 2. The van der Waals surface area contributed by atoms with Gasteiger partial charge in [0, 0.05) is 30.2 Å². The van der Waals surface area contributed by atoms with Crippen LogP contribution in [0.4, 0.5) is 0 Å². The maximum atomic E-state index is 12.2. The Bertz CT molecular complexity index is 688. The van der Waals surface area contributed by atoms with Crippen LogP contribution in [0.25, 0.3) is 10.9 Å². The molecule has 1 atom stereocenters. The summed E-state index contributed by atoms with van der Waals surface area (Å²) in [6.07, 6.45) is 1.72. The Labute approximate surface area is 130 Å². The van der Waals surface area contributed by atoms with Crippen LogP contribution >= 0.6 is 0 Å². The first-order valence-corrected chi connectivity index (χ1v) is 7.40. The lowest BCUT2D eigenvalue weighted by molar-refractivity contribution is -0.125. The van der Waals surface area contributed by atoms with E-state index in [4.69, 9.17) is 4.74 Å². The van der Waals surface area contributed by atoms with Gasteiger partial charge in [-0.25, -0.2) is 4.79 Å². The third-order valence-electron chi connectivity index (χ3n) is 3.84. The summed E-state index contributed by atoms with van der Waals surface area (Å²) in [5.74, 6) is -0.434. The Morgan fingerprint density at radius 2 is 1.91 bits per heavy atom. The van der Waals surface area contributed by atoms with E-state index >= 15 is 0 Å². The molecular formula is C17H22N2O3. The molecule has 1 N–H and O–H groups in total. The van der Waals surface area contributed by atoms with Gasteiger partial charge in [-0.1, -0.05) is 32.0 Å². The van der Waals surface area contributed by atoms with Crippen molar-refractivity contribution in [3.63, 3.8) is 0 Å². The molecule has 1 heterocycles. The van der Waals surface area contributed by atoms with E-state index in [1.807, 2.05) is 56.7 Å². The minimum Gasteiger partial charge on any atom is -0.452 e. The van der Waals surface area contributed by atoms with Crippen LogP contribution in [0.2, 0.25) is 0 Å². The number of rotatable bonds is 5. The highest BCUT2D eigenvalue weighted by molar-refractivity contribution is 6.04. The molecule has 0 saturated heterocycles. The van der Waals surface area contributed by atoms with Gasteiger partial charge in [-0.3, -0.25) is 4.79 Å². The van der Waals surface area contributed by atoms with Crippen LogP contribution in [0.5, 0.6) is 0 Å². The molecular weight excluding hydrogens is 280 g/mol. The lowest BCUT2D eigenvalue weighted by Gasteiger charge is -2.17. The number of nitrogens with zero attached hydrogens (tertiary/aromatic N) is 1. The number of benzene rings is 1. The van der Waals surface area contributed by atoms with E-state index < -0.39 is 5.97 Å². The number of esters is 1. The number of fused-ring (bicyclic) bond motifs is 1. The summed E-state index contributed by atoms with van der Waals surface area (Å²) < 4.78 is 7.00. The van der Waals surface area contributed by atoms with E-state index in [9.17, 15) is 9.59 Å². The Kier molecular flexibility index (Phi) is 4.85. The van der Waals surface area contributed by atoms with E-state index in [0.29, 0.717) is 11.5 Å². The molecule has 0 aliphatic heterocycles. The second kappa shape index (κ2) is 6.64. The molecule has 5 nitrogen and oxygen atoms in total. The number of nitrogens with one attached hydrogen (secondary N) is 1. The van der Waals surface area contributed by atoms with Crippen molar-refractivity contribution in [1.82, 2.24) is 9.88 Å². The molecule has 0 unspecified atom stereocenters. The second-order valence-electron chi connectivity index (χ2n) is 5.85. The lowest BCUT2D eigenvalue weighted by Crippen LogP contribution is -2.38. The minimum atomic E-state index is -0.482. The topological polar surface area (TPSA) is 60.3 Å². The molecule has 22 heavy (non-hydrogen) atoms. The number of carbonyl (C=O) groups is 2. The predicted molar refractivity (Wildman–Crippen MR) is 85.6 cm³/mol. The van der Waals surface area contributed by atoms with Crippen molar-refractivity contribution in [3.8, 4) is 0 Å². The predicted octanol–water partition coefficient (Wildman–Crippen LogP) is 2.50. The first-order valence-electron chi connectivity index (χ1n) is 7.40. The summed E-state index contributed by atoms with van der Waals surface area (Å²) in [5.41, 5.74) is 1.43. The molecule has 1 aromatic heterocycles. The molecule has 0 aliphatic carbocycles. The molecule has 118 valence electrons. The summed E-state index contributed by atoms with van der Waals surface area (Å²) in [5, 5.41) is 3.63. The normalized spacial score (nSPS) is 12.4. The summed E-state index contributed by atoms with van der Waals surface area (Å²) >= 11 is 0. The Morgan fingerprint density at radius 1 is 1.23 bits per heavy atom. The number of hydrogen-bond donors (Lipinski definition) is 1. The largest absolute Gasteiger partial charge is 0.452 e. The van der Waals surface area contributed by atoms with Crippen LogP contribution in [-0.2, 0) is 16.6 Å². The smallest absolute Gasteiger partial charge is 0.340 e. The molecule has 0 radical (unpaired) electrons. The average molecular weight is 302 g/mol. The fourth-order valence-corrected chi connectivity index (χ4v) is 2.18. The van der Waals surface area contributed by atoms with Crippen molar-refractivity contribution in [1.29, 1.82) is 0 Å². The van der Waals surface area contributed by atoms with Gasteiger partial charge in [0.25, 0.3) is 5.91 Å². The summed E-state index contributed by atoms with van der Waals surface area (Å²) in [4.78, 5) is 23.9. The Hall–Kier alpha value is -2.30. The van der Waals surface area contributed by atoms with Crippen molar-refractivity contribution >= 4 is 22.8 Å². The van der Waals surface area contributed by atoms with Gasteiger partial charge in [-0.15, -0.1) is 0 Å². The molecule has 2 aromatic rings. The molecule has 1 aromatic carbocycles. The van der Waals surface area contributed by atoms with Gasteiger partial charge in [0.05, 0.1) is 5.56 Å². The third kappa shape index (κ3) is 3.47. The molecule has 0 fully saturated rings. The number of amides is 1. The number of para-hydroxylation sites is 1. The molecule has 0 saturated carbocycles. The van der Waals surface area contributed by atoms with Crippen molar-refractivity contribution < 1.29 is 14.3 Å². The van der Waals surface area contributed by atoms with E-state index in [1.54, 1.807) is 6.20 Å². The molecule has 0 bridgehead atoms. The first kappa shape index (κ1) is 16.1. The van der Waals surface area contributed by atoms with Crippen molar-refractivity contribution in [3.05, 3.63) is 36.0 Å². The highest BCUT2D eigenvalue weighted by atomic mass is 16.5. The van der Waals surface area contributed by atoms with Gasteiger partial charge in [0.15, 0.2) is 6.61 Å². The SMILES string of the molecule is CC(C)[C@@H](C)NC(=O)COC(=O)c1cn(C)c2ccccc12. The van der Waals surface area contributed by atoms with Gasteiger partial charge in [-0.2, -0.15) is 0 Å². The monoisotopic (exact) mass is 302 g/mol. The summed E-state index contributed by atoms with van der Waals surface area (Å²) in [7, 11) is 1.87. The van der Waals surface area contributed by atoms with Crippen molar-refractivity contribution in [2.45, 2.75) is 26.8 Å². The van der Waals surface area contributed by atoms with E-state index in [0.717, 1.165) is 10.9 Å². The van der Waals surface area contributed by atoms with Gasteiger partial charge in [0.2, 0.25) is 0 Å². The van der Waals surface area contributed by atoms with E-state index in [1.165, 1.54) is 0 Å². The molecule has 5 heteroatoms. The summed E-state index contributed by atoms with van der Waals surface area (Å²) in [6, 6.07) is 7.63. The average Bonchev–Trinajstić information content (AvgIpc) is 2.82. The molecule has 0 spiro atoms. The maximum absolute atomic E-state index is 12.2. The van der Waals surface area contributed by atoms with Crippen molar-refractivity contribution in [2.24, 2.45) is 13.0 Å². The quantitative estimate of drug-likeness (QED) is 0.863. The van der Waals surface area contributed by atoms with Crippen LogP contribution in [0.3, 0.4) is 0 Å². The fourth-order valence-electron chi connectivity index (χ4n) is 2.18. The third-order valence-corrected chi connectivity index (χ3v) is 3.84. The van der Waals surface area contributed by atoms with Crippen LogP contribution in [0.15, 0.2) is 30.5 Å². The van der Waals surface area contributed by atoms with Gasteiger partial charge in [0.1, 0.15) is 0 Å². The summed E-state index contributed by atoms with van der Waals surface area (Å²) in [6.45, 7) is 5.70. The van der Waals surface area contributed by atoms with Crippen LogP contribution in [0.1, 0.15) is 31.1 Å². The Morgan fingerprint density at radius 3 is 2.59 bits per heavy atom. The number of aryl methyl sites for hydroxylation is 1. The fraction of sp³-hybridized carbons (Fsp3) is 0.412. The van der Waals surface area contributed by atoms with Gasteiger partial charge < -0.3 is 14.6 Å². The van der Waals surface area contributed by atoms with Crippen molar-refractivity contribution in [2.75, 3.05) is 6.61 Å². The van der Waals surface area contributed by atoms with E-state index in [-0.39, 0.29) is 18.6 Å². The highest BCUT2D eigenvalue weighted by Gasteiger charge is 2.17. The molecule has 1 amide bonds. The van der Waals surface area contributed by atoms with Gasteiger partial charge in [-0.05, 0) is 18.9 Å². The van der Waals surface area contributed by atoms with Crippen LogP contribution < -0.4 is 5.32 Å². The zero-order valence-electron chi connectivity index (χ0n) is 13.4. The number of hydrogen-bond acceptors (Lipinski definition) is 3. The zero-order chi connectivity index (χ0) is 16.3. The maximum Gasteiger partial charge on any atom is 0.340 e. The second-order valence-corrected chi connectivity index (χ2v) is 5.85. The van der Waals surface area contributed by atoms with E-state index in [2.05, 4.69) is 5.32 Å². The number of ether oxygens (including phenoxy) is 1. The minimum absolute atomic E-state index is 0.0451. The van der Waals surface area contributed by atoms with Crippen LogP contribution in [0, 0.1) is 5.92 Å². The van der Waals surface area contributed by atoms with Crippen LogP contribution in [-0.4, -0.2) is 29.1 Å².